The van der Waals surface area contributed by atoms with Crippen molar-refractivity contribution >= 4 is 22.9 Å². The molecule has 3 nitrogen and oxygen atoms in total. The van der Waals surface area contributed by atoms with E-state index in [-0.39, 0.29) is 11.7 Å². The lowest BCUT2D eigenvalue weighted by atomic mass is 10.1. The third-order valence-electron chi connectivity index (χ3n) is 3.07. The summed E-state index contributed by atoms with van der Waals surface area (Å²) in [5.74, 6) is -0.545. The fourth-order valence-electron chi connectivity index (χ4n) is 2.17. The van der Waals surface area contributed by atoms with Crippen molar-refractivity contribution in [2.45, 2.75) is 12.6 Å². The molecule has 1 aliphatic heterocycles. The van der Waals surface area contributed by atoms with Gasteiger partial charge in [0.1, 0.15) is 11.9 Å². The van der Waals surface area contributed by atoms with E-state index in [2.05, 4.69) is 0 Å². The Morgan fingerprint density at radius 1 is 1.39 bits per heavy atom. The highest BCUT2D eigenvalue weighted by molar-refractivity contribution is 7.07. The van der Waals surface area contributed by atoms with E-state index in [9.17, 15) is 9.18 Å². The lowest BCUT2D eigenvalue weighted by molar-refractivity contribution is -0.119. The van der Waals surface area contributed by atoms with Crippen LogP contribution in [0.15, 0.2) is 35.0 Å². The smallest absolute Gasteiger partial charge is 0.248 e. The maximum absolute atomic E-state index is 13.2. The first-order valence-electron chi connectivity index (χ1n) is 5.54. The number of rotatable bonds is 2. The van der Waals surface area contributed by atoms with E-state index >= 15 is 0 Å². The van der Waals surface area contributed by atoms with Crippen molar-refractivity contribution in [3.8, 4) is 0 Å². The first-order valence-corrected chi connectivity index (χ1v) is 6.48. The Morgan fingerprint density at radius 3 is 2.94 bits per heavy atom. The van der Waals surface area contributed by atoms with Gasteiger partial charge in [0.25, 0.3) is 0 Å². The predicted molar refractivity (Wildman–Crippen MR) is 68.8 cm³/mol. The highest BCUT2D eigenvalue weighted by Gasteiger charge is 2.34. The van der Waals surface area contributed by atoms with E-state index in [1.165, 1.54) is 12.1 Å². The van der Waals surface area contributed by atoms with Gasteiger partial charge >= 0.3 is 0 Å². The third-order valence-corrected chi connectivity index (χ3v) is 3.80. The molecule has 0 aliphatic carbocycles. The van der Waals surface area contributed by atoms with Crippen molar-refractivity contribution in [2.24, 2.45) is 5.73 Å². The van der Waals surface area contributed by atoms with Gasteiger partial charge in [-0.05, 0) is 40.6 Å². The molecule has 2 N–H and O–H groups in total. The molecule has 0 fully saturated rings. The fraction of sp³-hybridized carbons (Fsp3) is 0.154. The summed E-state index contributed by atoms with van der Waals surface area (Å²) in [6, 6.07) is 5.51. The molecule has 1 aromatic heterocycles. The molecule has 5 heteroatoms. The number of fused-ring (bicyclic) bond motifs is 1. The summed E-state index contributed by atoms with van der Waals surface area (Å²) >= 11 is 1.58. The Morgan fingerprint density at radius 2 is 2.22 bits per heavy atom. The molecule has 1 atom stereocenters. The summed E-state index contributed by atoms with van der Waals surface area (Å²) in [7, 11) is 0. The molecule has 0 bridgehead atoms. The molecular weight excluding hydrogens is 251 g/mol. The van der Waals surface area contributed by atoms with E-state index in [0.29, 0.717) is 17.8 Å². The molecular formula is C13H11FN2OS. The number of carbonyl (C=O) groups excluding carboxylic acids is 1. The second kappa shape index (κ2) is 4.19. The largest absolute Gasteiger partial charge is 0.316 e. The molecule has 1 aromatic carbocycles. The van der Waals surface area contributed by atoms with Crippen LogP contribution in [0.3, 0.4) is 0 Å². The number of hydrogen-bond acceptors (Lipinski definition) is 3. The fourth-order valence-corrected chi connectivity index (χ4v) is 2.83. The highest BCUT2D eigenvalue weighted by atomic mass is 32.1. The Balaban J connectivity index is 1.99. The van der Waals surface area contributed by atoms with Crippen molar-refractivity contribution in [2.75, 3.05) is 4.90 Å². The minimum Gasteiger partial charge on any atom is -0.316 e. The van der Waals surface area contributed by atoms with Crippen molar-refractivity contribution in [3.05, 3.63) is 52.0 Å². The van der Waals surface area contributed by atoms with E-state index in [4.69, 9.17) is 5.73 Å². The summed E-state index contributed by atoms with van der Waals surface area (Å²) in [5, 5.41) is 3.95. The first-order chi connectivity index (χ1) is 8.66. The number of nitrogens with zero attached hydrogens (tertiary/aromatic N) is 1. The number of nitrogens with two attached hydrogens (primary N) is 1. The molecule has 0 saturated heterocycles. The van der Waals surface area contributed by atoms with Gasteiger partial charge in [-0.1, -0.05) is 0 Å². The van der Waals surface area contributed by atoms with Crippen LogP contribution < -0.4 is 10.6 Å². The standard InChI is InChI=1S/C13H11FN2OS/c14-9-1-2-11-10(5-9)12(15)13(17)16(11)6-8-3-4-18-7-8/h1-5,7,12H,6,15H2. The maximum Gasteiger partial charge on any atom is 0.248 e. The van der Waals surface area contributed by atoms with Crippen molar-refractivity contribution in [1.29, 1.82) is 0 Å². The molecule has 1 amide bonds. The molecule has 0 spiro atoms. The minimum absolute atomic E-state index is 0.179. The number of benzene rings is 1. The Bertz CT molecular complexity index is 597. The van der Waals surface area contributed by atoms with E-state index in [1.54, 1.807) is 22.3 Å². The molecule has 1 unspecified atom stereocenters. The van der Waals surface area contributed by atoms with Gasteiger partial charge in [0, 0.05) is 11.3 Å². The summed E-state index contributed by atoms with van der Waals surface area (Å²) in [5.41, 5.74) is 8.15. The van der Waals surface area contributed by atoms with Crippen molar-refractivity contribution in [3.63, 3.8) is 0 Å². The Hall–Kier alpha value is -1.72. The average Bonchev–Trinajstić information content (AvgIpc) is 2.94. The number of hydrogen-bond donors (Lipinski definition) is 1. The molecule has 0 radical (unpaired) electrons. The van der Waals surface area contributed by atoms with Crippen LogP contribution >= 0.6 is 11.3 Å². The zero-order chi connectivity index (χ0) is 12.7. The second-order valence-electron chi connectivity index (χ2n) is 4.24. The first kappa shape index (κ1) is 11.4. The third kappa shape index (κ3) is 1.72. The molecule has 3 rings (SSSR count). The van der Waals surface area contributed by atoms with Gasteiger partial charge in [-0.2, -0.15) is 11.3 Å². The molecule has 2 aromatic rings. The van der Waals surface area contributed by atoms with Crippen LogP contribution in [0.5, 0.6) is 0 Å². The topological polar surface area (TPSA) is 46.3 Å². The quantitative estimate of drug-likeness (QED) is 0.903. The van der Waals surface area contributed by atoms with Gasteiger partial charge in [0.05, 0.1) is 6.54 Å². The monoisotopic (exact) mass is 262 g/mol. The second-order valence-corrected chi connectivity index (χ2v) is 5.02. The summed E-state index contributed by atoms with van der Waals surface area (Å²) in [4.78, 5) is 13.7. The van der Waals surface area contributed by atoms with Crippen molar-refractivity contribution < 1.29 is 9.18 Å². The number of amides is 1. The molecule has 92 valence electrons. The van der Waals surface area contributed by atoms with Crippen LogP contribution in [0, 0.1) is 5.82 Å². The van der Waals surface area contributed by atoms with Gasteiger partial charge in [-0.25, -0.2) is 4.39 Å². The van der Waals surface area contributed by atoms with Gasteiger partial charge < -0.3 is 10.6 Å². The zero-order valence-corrected chi connectivity index (χ0v) is 10.3. The van der Waals surface area contributed by atoms with Crippen LogP contribution in [-0.2, 0) is 11.3 Å². The number of thiophene rings is 1. The van der Waals surface area contributed by atoms with E-state index in [1.807, 2.05) is 16.8 Å². The molecule has 1 aliphatic rings. The highest BCUT2D eigenvalue weighted by Crippen LogP contribution is 2.36. The summed E-state index contributed by atoms with van der Waals surface area (Å²) in [6.07, 6.45) is 0. The van der Waals surface area contributed by atoms with Crippen molar-refractivity contribution in [1.82, 2.24) is 0 Å². The minimum atomic E-state index is -0.755. The summed E-state index contributed by atoms with van der Waals surface area (Å²) < 4.78 is 13.2. The van der Waals surface area contributed by atoms with Crippen LogP contribution in [0.4, 0.5) is 10.1 Å². The Labute approximate surface area is 108 Å². The Kier molecular flexibility index (Phi) is 2.65. The van der Waals surface area contributed by atoms with Gasteiger partial charge in [0.15, 0.2) is 0 Å². The lowest BCUT2D eigenvalue weighted by Gasteiger charge is -2.16. The van der Waals surface area contributed by atoms with Crippen LogP contribution in [0.25, 0.3) is 0 Å². The van der Waals surface area contributed by atoms with E-state index in [0.717, 1.165) is 5.56 Å². The molecule has 2 heterocycles. The number of anilines is 1. The predicted octanol–water partition coefficient (Wildman–Crippen LogP) is 2.43. The normalized spacial score (nSPS) is 18.2. The van der Waals surface area contributed by atoms with Crippen LogP contribution in [0.2, 0.25) is 0 Å². The lowest BCUT2D eigenvalue weighted by Crippen LogP contribution is -2.31. The number of carbonyl (C=O) groups is 1. The SMILES string of the molecule is NC1C(=O)N(Cc2ccsc2)c2ccc(F)cc21. The number of halogens is 1. The van der Waals surface area contributed by atoms with Gasteiger partial charge in [-0.15, -0.1) is 0 Å². The van der Waals surface area contributed by atoms with Gasteiger partial charge in [0.2, 0.25) is 5.91 Å². The van der Waals surface area contributed by atoms with Gasteiger partial charge in [-0.3, -0.25) is 4.79 Å². The summed E-state index contributed by atoms with van der Waals surface area (Å²) in [6.45, 7) is 0.481. The van der Waals surface area contributed by atoms with E-state index < -0.39 is 6.04 Å². The van der Waals surface area contributed by atoms with Crippen LogP contribution in [0.1, 0.15) is 17.2 Å². The maximum atomic E-state index is 13.2. The molecule has 0 saturated carbocycles. The van der Waals surface area contributed by atoms with Crippen LogP contribution in [-0.4, -0.2) is 5.91 Å². The zero-order valence-electron chi connectivity index (χ0n) is 9.47. The average molecular weight is 262 g/mol. The molecule has 18 heavy (non-hydrogen) atoms.